The first-order valence-corrected chi connectivity index (χ1v) is 7.50. The van der Waals surface area contributed by atoms with Crippen molar-refractivity contribution in [3.05, 3.63) is 77.4 Å². The summed E-state index contributed by atoms with van der Waals surface area (Å²) in [4.78, 5) is 12.9. The highest BCUT2D eigenvalue weighted by Crippen LogP contribution is 2.50. The molecule has 1 aliphatic carbocycles. The first-order chi connectivity index (χ1) is 10.2. The molecule has 1 nitrogen and oxygen atoms in total. The first kappa shape index (κ1) is 13.8. The molecule has 0 amide bonds. The molecular weight excluding hydrogens is 256 g/mol. The third-order valence-electron chi connectivity index (χ3n) is 4.16. The van der Waals surface area contributed by atoms with Gasteiger partial charge in [0.25, 0.3) is 0 Å². The molecule has 0 N–H and O–H groups in total. The number of benzene rings is 2. The number of ketones is 1. The smallest absolute Gasteiger partial charge is 0.167 e. The van der Waals surface area contributed by atoms with E-state index in [1.165, 1.54) is 5.56 Å². The van der Waals surface area contributed by atoms with E-state index in [1.54, 1.807) is 0 Å². The monoisotopic (exact) mass is 276 g/mol. The van der Waals surface area contributed by atoms with E-state index in [9.17, 15) is 4.79 Å². The van der Waals surface area contributed by atoms with E-state index in [1.807, 2.05) is 62.4 Å². The predicted molar refractivity (Wildman–Crippen MR) is 87.0 cm³/mol. The molecule has 0 saturated heterocycles. The lowest BCUT2D eigenvalue weighted by atomic mass is 9.93. The highest BCUT2D eigenvalue weighted by Gasteiger charge is 2.44. The molecule has 2 atom stereocenters. The van der Waals surface area contributed by atoms with Crippen LogP contribution in [0.4, 0.5) is 0 Å². The normalized spacial score (nSPS) is 19.9. The zero-order chi connectivity index (χ0) is 14.8. The first-order valence-electron chi connectivity index (χ1n) is 7.50. The summed E-state index contributed by atoms with van der Waals surface area (Å²) in [5.41, 5.74) is 4.34. The van der Waals surface area contributed by atoms with Gasteiger partial charge >= 0.3 is 0 Å². The van der Waals surface area contributed by atoms with Crippen LogP contribution >= 0.6 is 0 Å². The van der Waals surface area contributed by atoms with Crippen molar-refractivity contribution in [2.75, 3.05) is 0 Å². The lowest BCUT2D eigenvalue weighted by Crippen LogP contribution is -2.07. The van der Waals surface area contributed by atoms with Crippen molar-refractivity contribution in [2.24, 2.45) is 5.92 Å². The molecule has 106 valence electrons. The van der Waals surface area contributed by atoms with Gasteiger partial charge in [-0.15, -0.1) is 0 Å². The maximum Gasteiger partial charge on any atom is 0.167 e. The molecule has 0 bridgehead atoms. The van der Waals surface area contributed by atoms with Crippen LogP contribution < -0.4 is 0 Å². The van der Waals surface area contributed by atoms with Gasteiger partial charge in [0.1, 0.15) is 0 Å². The van der Waals surface area contributed by atoms with Gasteiger partial charge in [0.05, 0.1) is 0 Å². The van der Waals surface area contributed by atoms with Crippen molar-refractivity contribution in [1.82, 2.24) is 0 Å². The zero-order valence-corrected chi connectivity index (χ0v) is 12.5. The zero-order valence-electron chi connectivity index (χ0n) is 12.5. The van der Waals surface area contributed by atoms with E-state index in [2.05, 4.69) is 12.1 Å². The van der Waals surface area contributed by atoms with Crippen LogP contribution in [-0.2, 0) is 4.79 Å². The molecule has 0 spiro atoms. The average Bonchev–Trinajstić information content (AvgIpc) is 3.29. The molecule has 1 heteroatoms. The summed E-state index contributed by atoms with van der Waals surface area (Å²) in [5.74, 6) is 0.851. The third kappa shape index (κ3) is 2.82. The minimum atomic E-state index is 0.150. The molecule has 1 fully saturated rings. The Hall–Kier alpha value is -2.15. The Balaban J connectivity index is 1.84. The molecule has 0 radical (unpaired) electrons. The van der Waals surface area contributed by atoms with E-state index in [4.69, 9.17) is 0 Å². The van der Waals surface area contributed by atoms with Gasteiger partial charge in [-0.05, 0) is 37.3 Å². The number of Topliss-reactive ketones (excluding diaryl/α,β-unsaturated/α-hetero) is 1. The van der Waals surface area contributed by atoms with Crippen molar-refractivity contribution in [3.63, 3.8) is 0 Å². The summed E-state index contributed by atoms with van der Waals surface area (Å²) >= 11 is 0. The van der Waals surface area contributed by atoms with Gasteiger partial charge in [-0.1, -0.05) is 66.2 Å². The molecule has 3 rings (SSSR count). The summed E-state index contributed by atoms with van der Waals surface area (Å²) in [6, 6.07) is 20.4. The van der Waals surface area contributed by atoms with Crippen LogP contribution in [0.3, 0.4) is 0 Å². The second kappa shape index (κ2) is 5.69. The Morgan fingerprint density at radius 2 is 1.48 bits per heavy atom. The fourth-order valence-corrected chi connectivity index (χ4v) is 3.02. The van der Waals surface area contributed by atoms with Crippen LogP contribution in [0.25, 0.3) is 5.57 Å². The van der Waals surface area contributed by atoms with Crippen molar-refractivity contribution in [3.8, 4) is 0 Å². The van der Waals surface area contributed by atoms with Gasteiger partial charge in [0.15, 0.2) is 5.78 Å². The van der Waals surface area contributed by atoms with Crippen LogP contribution in [0.15, 0.2) is 66.2 Å². The second-order valence-electron chi connectivity index (χ2n) is 5.96. The molecule has 1 saturated carbocycles. The Morgan fingerprint density at radius 3 is 2.05 bits per heavy atom. The SMILES string of the molecule is CC(C)=C(C(=O)[C@@H]1C[C@H]1c1ccccc1)c1ccccc1. The Bertz CT molecular complexity index is 663. The van der Waals surface area contributed by atoms with E-state index in [0.29, 0.717) is 11.7 Å². The number of carbonyl (C=O) groups excluding carboxylic acids is 1. The number of allylic oxidation sites excluding steroid dienone is 2. The molecule has 21 heavy (non-hydrogen) atoms. The van der Waals surface area contributed by atoms with Crippen molar-refractivity contribution in [2.45, 2.75) is 26.2 Å². The molecule has 1 aliphatic rings. The summed E-state index contributed by atoms with van der Waals surface area (Å²) in [5, 5.41) is 0. The number of carbonyl (C=O) groups is 1. The largest absolute Gasteiger partial charge is 0.294 e. The minimum absolute atomic E-state index is 0.150. The highest BCUT2D eigenvalue weighted by atomic mass is 16.1. The van der Waals surface area contributed by atoms with E-state index in [0.717, 1.165) is 23.1 Å². The Labute approximate surface area is 126 Å². The molecular formula is C20H20O. The van der Waals surface area contributed by atoms with Crippen molar-refractivity contribution in [1.29, 1.82) is 0 Å². The van der Waals surface area contributed by atoms with E-state index < -0.39 is 0 Å². The summed E-state index contributed by atoms with van der Waals surface area (Å²) in [6.07, 6.45) is 0.979. The molecule has 0 aromatic heterocycles. The fourth-order valence-electron chi connectivity index (χ4n) is 3.02. The van der Waals surface area contributed by atoms with Gasteiger partial charge < -0.3 is 0 Å². The summed E-state index contributed by atoms with van der Waals surface area (Å²) in [6.45, 7) is 4.06. The lowest BCUT2D eigenvalue weighted by Gasteiger charge is -2.09. The number of hydrogen-bond donors (Lipinski definition) is 0. The number of rotatable bonds is 4. The van der Waals surface area contributed by atoms with Crippen LogP contribution in [0.2, 0.25) is 0 Å². The van der Waals surface area contributed by atoms with Crippen molar-refractivity contribution >= 4 is 11.4 Å². The maximum atomic E-state index is 12.9. The van der Waals surface area contributed by atoms with Gasteiger partial charge in [-0.2, -0.15) is 0 Å². The Kier molecular flexibility index (Phi) is 3.74. The molecule has 0 heterocycles. The van der Waals surface area contributed by atoms with Crippen LogP contribution in [0, 0.1) is 5.92 Å². The molecule has 2 aromatic rings. The van der Waals surface area contributed by atoms with Crippen LogP contribution in [0.1, 0.15) is 37.3 Å². The summed E-state index contributed by atoms with van der Waals surface area (Å²) in [7, 11) is 0. The van der Waals surface area contributed by atoms with E-state index in [-0.39, 0.29) is 5.92 Å². The fraction of sp³-hybridized carbons (Fsp3) is 0.250. The van der Waals surface area contributed by atoms with Crippen LogP contribution in [0.5, 0.6) is 0 Å². The van der Waals surface area contributed by atoms with Gasteiger partial charge in [-0.25, -0.2) is 0 Å². The van der Waals surface area contributed by atoms with E-state index >= 15 is 0 Å². The maximum absolute atomic E-state index is 12.9. The standard InChI is InChI=1S/C20H20O/c1-14(2)19(16-11-7-4-8-12-16)20(21)18-13-17(18)15-9-5-3-6-10-15/h3-12,17-18H,13H2,1-2H3/t17-,18+/m0/s1. The Morgan fingerprint density at radius 1 is 0.905 bits per heavy atom. The summed E-state index contributed by atoms with van der Waals surface area (Å²) < 4.78 is 0. The molecule has 0 unspecified atom stereocenters. The topological polar surface area (TPSA) is 17.1 Å². The highest BCUT2D eigenvalue weighted by molar-refractivity contribution is 6.23. The van der Waals surface area contributed by atoms with Gasteiger partial charge in [0, 0.05) is 11.5 Å². The predicted octanol–water partition coefficient (Wildman–Crippen LogP) is 4.85. The average molecular weight is 276 g/mol. The van der Waals surface area contributed by atoms with Crippen molar-refractivity contribution < 1.29 is 4.79 Å². The minimum Gasteiger partial charge on any atom is -0.294 e. The molecule has 2 aromatic carbocycles. The van der Waals surface area contributed by atoms with Gasteiger partial charge in [0.2, 0.25) is 0 Å². The van der Waals surface area contributed by atoms with Gasteiger partial charge in [-0.3, -0.25) is 4.79 Å². The third-order valence-corrected chi connectivity index (χ3v) is 4.16. The quantitative estimate of drug-likeness (QED) is 0.729. The molecule has 0 aliphatic heterocycles. The number of hydrogen-bond acceptors (Lipinski definition) is 1. The van der Waals surface area contributed by atoms with Crippen LogP contribution in [-0.4, -0.2) is 5.78 Å². The second-order valence-corrected chi connectivity index (χ2v) is 5.96. The lowest BCUT2D eigenvalue weighted by molar-refractivity contribution is -0.114.